The van der Waals surface area contributed by atoms with Gasteiger partial charge >= 0.3 is 0 Å². The van der Waals surface area contributed by atoms with E-state index in [0.29, 0.717) is 23.8 Å². The second-order valence-corrected chi connectivity index (χ2v) is 5.02. The van der Waals surface area contributed by atoms with Crippen molar-refractivity contribution in [3.05, 3.63) is 46.9 Å². The van der Waals surface area contributed by atoms with Gasteiger partial charge in [-0.2, -0.15) is 0 Å². The third kappa shape index (κ3) is 3.89. The van der Waals surface area contributed by atoms with Crippen molar-refractivity contribution in [2.45, 2.75) is 13.3 Å². The molecule has 2 rings (SSSR count). The summed E-state index contributed by atoms with van der Waals surface area (Å²) in [5.74, 6) is 2.15. The van der Waals surface area contributed by atoms with E-state index in [4.69, 9.17) is 15.2 Å². The average molecular weight is 322 g/mol. The van der Waals surface area contributed by atoms with E-state index in [1.807, 2.05) is 36.4 Å². The van der Waals surface area contributed by atoms with Crippen LogP contribution in [0.1, 0.15) is 13.3 Å². The van der Waals surface area contributed by atoms with Crippen LogP contribution in [0.5, 0.6) is 17.2 Å². The number of hydrogen-bond acceptors (Lipinski definition) is 3. The maximum absolute atomic E-state index is 5.86. The van der Waals surface area contributed by atoms with Crippen molar-refractivity contribution >= 4 is 21.6 Å². The lowest BCUT2D eigenvalue weighted by Gasteiger charge is -2.11. The molecule has 2 N–H and O–H groups in total. The van der Waals surface area contributed by atoms with Crippen LogP contribution in [0.3, 0.4) is 0 Å². The number of ether oxygens (including phenoxy) is 2. The summed E-state index contributed by atoms with van der Waals surface area (Å²) in [6, 6.07) is 13.1. The summed E-state index contributed by atoms with van der Waals surface area (Å²) in [6.07, 6.45) is 0.942. The van der Waals surface area contributed by atoms with Crippen LogP contribution in [0, 0.1) is 0 Å². The highest BCUT2D eigenvalue weighted by atomic mass is 79.9. The zero-order valence-electron chi connectivity index (χ0n) is 10.7. The Balaban J connectivity index is 2.14. The van der Waals surface area contributed by atoms with Crippen LogP contribution < -0.4 is 15.2 Å². The zero-order chi connectivity index (χ0) is 13.7. The molecule has 2 aromatic carbocycles. The summed E-state index contributed by atoms with van der Waals surface area (Å²) < 4.78 is 12.3. The van der Waals surface area contributed by atoms with Crippen molar-refractivity contribution in [1.82, 2.24) is 0 Å². The summed E-state index contributed by atoms with van der Waals surface area (Å²) >= 11 is 3.39. The van der Waals surface area contributed by atoms with Gasteiger partial charge in [0.05, 0.1) is 12.3 Å². The molecular formula is C15H16BrNO2. The van der Waals surface area contributed by atoms with Gasteiger partial charge < -0.3 is 15.2 Å². The van der Waals surface area contributed by atoms with Gasteiger partial charge in [0.2, 0.25) is 0 Å². The molecule has 0 spiro atoms. The lowest BCUT2D eigenvalue weighted by Crippen LogP contribution is -1.99. The Morgan fingerprint density at radius 3 is 2.42 bits per heavy atom. The minimum atomic E-state index is 0.622. The van der Waals surface area contributed by atoms with Crippen molar-refractivity contribution < 1.29 is 9.47 Å². The first kappa shape index (κ1) is 13.7. The second-order valence-electron chi connectivity index (χ2n) is 4.10. The minimum absolute atomic E-state index is 0.622. The van der Waals surface area contributed by atoms with Crippen molar-refractivity contribution in [2.75, 3.05) is 12.3 Å². The van der Waals surface area contributed by atoms with Crippen LogP contribution >= 0.6 is 15.9 Å². The van der Waals surface area contributed by atoms with E-state index < -0.39 is 0 Å². The molecule has 4 heteroatoms. The summed E-state index contributed by atoms with van der Waals surface area (Å²) in [7, 11) is 0. The largest absolute Gasteiger partial charge is 0.491 e. The first-order valence-corrected chi connectivity index (χ1v) is 6.94. The highest BCUT2D eigenvalue weighted by Gasteiger charge is 2.04. The Morgan fingerprint density at radius 1 is 1.05 bits per heavy atom. The molecule has 0 heterocycles. The van der Waals surface area contributed by atoms with Gasteiger partial charge in [0.1, 0.15) is 17.2 Å². The molecule has 0 aliphatic heterocycles. The van der Waals surface area contributed by atoms with Gasteiger partial charge in [-0.05, 0) is 42.8 Å². The number of nitrogen functional groups attached to an aromatic ring is 1. The predicted octanol–water partition coefficient (Wildman–Crippen LogP) is 4.61. The molecule has 0 unspecified atom stereocenters. The Kier molecular flexibility index (Phi) is 4.68. The Morgan fingerprint density at radius 2 is 1.74 bits per heavy atom. The summed E-state index contributed by atoms with van der Waals surface area (Å²) in [4.78, 5) is 0. The lowest BCUT2D eigenvalue weighted by atomic mass is 10.2. The molecule has 0 fully saturated rings. The van der Waals surface area contributed by atoms with Gasteiger partial charge in [-0.1, -0.05) is 22.9 Å². The molecule has 0 saturated heterocycles. The molecular weight excluding hydrogens is 306 g/mol. The van der Waals surface area contributed by atoms with E-state index in [1.165, 1.54) is 0 Å². The van der Waals surface area contributed by atoms with Crippen molar-refractivity contribution in [2.24, 2.45) is 0 Å². The number of nitrogens with two attached hydrogens (primary N) is 1. The van der Waals surface area contributed by atoms with E-state index in [9.17, 15) is 0 Å². The van der Waals surface area contributed by atoms with E-state index in [0.717, 1.165) is 16.6 Å². The topological polar surface area (TPSA) is 44.5 Å². The normalized spacial score (nSPS) is 10.2. The van der Waals surface area contributed by atoms with Crippen molar-refractivity contribution in [3.8, 4) is 17.2 Å². The fourth-order valence-corrected chi connectivity index (χ4v) is 1.82. The maximum Gasteiger partial charge on any atom is 0.145 e. The van der Waals surface area contributed by atoms with E-state index in [-0.39, 0.29) is 0 Å². The van der Waals surface area contributed by atoms with E-state index in [2.05, 4.69) is 22.9 Å². The first-order valence-electron chi connectivity index (χ1n) is 6.15. The van der Waals surface area contributed by atoms with Crippen molar-refractivity contribution in [1.29, 1.82) is 0 Å². The van der Waals surface area contributed by atoms with Crippen LogP contribution in [-0.4, -0.2) is 6.61 Å². The minimum Gasteiger partial charge on any atom is -0.491 e. The third-order valence-corrected chi connectivity index (χ3v) is 3.02. The highest BCUT2D eigenvalue weighted by Crippen LogP contribution is 2.30. The number of halogens is 1. The van der Waals surface area contributed by atoms with Crippen LogP contribution in [-0.2, 0) is 0 Å². The Bertz CT molecular complexity index is 540. The molecule has 3 nitrogen and oxygen atoms in total. The molecule has 0 saturated carbocycles. The zero-order valence-corrected chi connectivity index (χ0v) is 12.3. The number of benzene rings is 2. The summed E-state index contributed by atoms with van der Waals surface area (Å²) in [5.41, 5.74) is 6.48. The Labute approximate surface area is 121 Å². The van der Waals surface area contributed by atoms with Gasteiger partial charge in [-0.25, -0.2) is 0 Å². The molecule has 100 valence electrons. The molecule has 19 heavy (non-hydrogen) atoms. The van der Waals surface area contributed by atoms with Crippen LogP contribution in [0.15, 0.2) is 46.9 Å². The second kappa shape index (κ2) is 6.48. The lowest BCUT2D eigenvalue weighted by molar-refractivity contribution is 0.317. The van der Waals surface area contributed by atoms with Crippen LogP contribution in [0.25, 0.3) is 0 Å². The molecule has 0 atom stereocenters. The standard InChI is InChI=1S/C15H16BrNO2/c1-2-9-18-15-10-13(7-8-14(15)17)19-12-5-3-11(16)4-6-12/h3-8,10H,2,9,17H2,1H3. The fraction of sp³-hybridized carbons (Fsp3) is 0.200. The SMILES string of the molecule is CCCOc1cc(Oc2ccc(Br)cc2)ccc1N. The van der Waals surface area contributed by atoms with Gasteiger partial charge in [0.25, 0.3) is 0 Å². The molecule has 0 amide bonds. The van der Waals surface area contributed by atoms with Crippen LogP contribution in [0.4, 0.5) is 5.69 Å². The molecule has 0 radical (unpaired) electrons. The Hall–Kier alpha value is -1.68. The first-order chi connectivity index (χ1) is 9.19. The van der Waals surface area contributed by atoms with Gasteiger partial charge in [-0.15, -0.1) is 0 Å². The van der Waals surface area contributed by atoms with Gasteiger partial charge in [0, 0.05) is 10.5 Å². The summed E-state index contributed by atoms with van der Waals surface area (Å²) in [6.45, 7) is 2.70. The third-order valence-electron chi connectivity index (χ3n) is 2.50. The maximum atomic E-state index is 5.86. The quantitative estimate of drug-likeness (QED) is 0.818. The van der Waals surface area contributed by atoms with Crippen LogP contribution in [0.2, 0.25) is 0 Å². The average Bonchev–Trinajstić information content (AvgIpc) is 2.42. The van der Waals surface area contributed by atoms with Gasteiger partial charge in [-0.3, -0.25) is 0 Å². The molecule has 0 bridgehead atoms. The monoisotopic (exact) mass is 321 g/mol. The van der Waals surface area contributed by atoms with E-state index >= 15 is 0 Å². The number of anilines is 1. The number of hydrogen-bond donors (Lipinski definition) is 1. The fourth-order valence-electron chi connectivity index (χ4n) is 1.55. The smallest absolute Gasteiger partial charge is 0.145 e. The molecule has 2 aromatic rings. The summed E-state index contributed by atoms with van der Waals surface area (Å²) in [5, 5.41) is 0. The molecule has 0 aromatic heterocycles. The predicted molar refractivity (Wildman–Crippen MR) is 80.9 cm³/mol. The molecule has 0 aliphatic rings. The van der Waals surface area contributed by atoms with E-state index in [1.54, 1.807) is 6.07 Å². The highest BCUT2D eigenvalue weighted by molar-refractivity contribution is 9.10. The number of rotatable bonds is 5. The van der Waals surface area contributed by atoms with Crippen molar-refractivity contribution in [3.63, 3.8) is 0 Å². The molecule has 0 aliphatic carbocycles. The van der Waals surface area contributed by atoms with Gasteiger partial charge in [0.15, 0.2) is 0 Å².